The fraction of sp³-hybridized carbons (Fsp3) is 0.143. The molecule has 7 nitrogen and oxygen atoms in total. The third-order valence-electron chi connectivity index (χ3n) is 4.60. The van der Waals surface area contributed by atoms with Crippen molar-refractivity contribution in [2.24, 2.45) is 0 Å². The number of anilines is 1. The first-order valence-corrected chi connectivity index (χ1v) is 9.39. The average molecular weight is 426 g/mol. The zero-order valence-electron chi connectivity index (χ0n) is 16.1. The van der Waals surface area contributed by atoms with Gasteiger partial charge < -0.3 is 10.6 Å². The van der Waals surface area contributed by atoms with Gasteiger partial charge in [-0.05, 0) is 35.9 Å². The maximum Gasteiger partial charge on any atom is 0.251 e. The predicted octanol–water partition coefficient (Wildman–Crippen LogP) is 3.29. The number of halogens is 3. The van der Waals surface area contributed by atoms with Crippen LogP contribution in [0.15, 0.2) is 55.0 Å². The second-order valence-corrected chi connectivity index (χ2v) is 6.69. The molecule has 4 aromatic rings. The lowest BCUT2D eigenvalue weighted by atomic mass is 10.2. The van der Waals surface area contributed by atoms with Crippen LogP contribution in [0.2, 0.25) is 0 Å². The van der Waals surface area contributed by atoms with E-state index in [0.29, 0.717) is 29.9 Å². The first kappa shape index (κ1) is 20.3. The monoisotopic (exact) mass is 426 g/mol. The maximum atomic E-state index is 13.3. The molecule has 0 saturated heterocycles. The smallest absolute Gasteiger partial charge is 0.251 e. The molecule has 0 fully saturated rings. The molecule has 0 bridgehead atoms. The number of nitrogens with one attached hydrogen (secondary N) is 2. The molecule has 0 saturated carbocycles. The third kappa shape index (κ3) is 4.63. The molecule has 0 aliphatic heterocycles. The van der Waals surface area contributed by atoms with Crippen molar-refractivity contribution in [1.29, 1.82) is 0 Å². The topological polar surface area (TPSA) is 84.7 Å². The molecule has 0 spiro atoms. The molecule has 0 radical (unpaired) electrons. The molecule has 1 amide bonds. The SMILES string of the molecule is O=C(NCCn1ncc2c(NCc3ccc(F)cc3)ncnc21)c1ccc(F)c(F)c1. The number of carbonyl (C=O) groups excluding carboxylic acids is 1. The highest BCUT2D eigenvalue weighted by Crippen LogP contribution is 2.19. The second-order valence-electron chi connectivity index (χ2n) is 6.69. The highest BCUT2D eigenvalue weighted by Gasteiger charge is 2.12. The zero-order chi connectivity index (χ0) is 21.8. The van der Waals surface area contributed by atoms with Gasteiger partial charge >= 0.3 is 0 Å². The highest BCUT2D eigenvalue weighted by atomic mass is 19.2. The van der Waals surface area contributed by atoms with E-state index in [9.17, 15) is 18.0 Å². The number of hydrogen-bond donors (Lipinski definition) is 2. The summed E-state index contributed by atoms with van der Waals surface area (Å²) in [6, 6.07) is 9.10. The Balaban J connectivity index is 1.39. The van der Waals surface area contributed by atoms with Gasteiger partial charge in [0, 0.05) is 18.7 Å². The molecular formula is C21H17F3N6O. The van der Waals surface area contributed by atoms with Crippen LogP contribution in [0.3, 0.4) is 0 Å². The Bertz CT molecular complexity index is 1230. The summed E-state index contributed by atoms with van der Waals surface area (Å²) in [6.07, 6.45) is 3.01. The van der Waals surface area contributed by atoms with Crippen LogP contribution >= 0.6 is 0 Å². The van der Waals surface area contributed by atoms with Gasteiger partial charge in [-0.1, -0.05) is 12.1 Å². The van der Waals surface area contributed by atoms with E-state index in [2.05, 4.69) is 25.7 Å². The number of nitrogens with zero attached hydrogens (tertiary/aromatic N) is 4. The minimum atomic E-state index is -1.08. The minimum absolute atomic E-state index is 0.0267. The average Bonchev–Trinajstić information content (AvgIpc) is 3.19. The molecule has 2 N–H and O–H groups in total. The molecule has 2 aromatic carbocycles. The molecule has 2 heterocycles. The van der Waals surface area contributed by atoms with E-state index in [0.717, 1.165) is 17.7 Å². The van der Waals surface area contributed by atoms with Crippen molar-refractivity contribution in [3.63, 3.8) is 0 Å². The van der Waals surface area contributed by atoms with Crippen LogP contribution in [0.25, 0.3) is 11.0 Å². The highest BCUT2D eigenvalue weighted by molar-refractivity contribution is 5.94. The molecule has 4 rings (SSSR count). The summed E-state index contributed by atoms with van der Waals surface area (Å²) in [5, 5.41) is 10.8. The molecule has 0 aliphatic carbocycles. The van der Waals surface area contributed by atoms with Crippen LogP contribution in [-0.2, 0) is 13.1 Å². The van der Waals surface area contributed by atoms with Gasteiger partial charge in [-0.15, -0.1) is 0 Å². The number of fused-ring (bicyclic) bond motifs is 1. The van der Waals surface area contributed by atoms with Gasteiger partial charge in [0.05, 0.1) is 18.1 Å². The van der Waals surface area contributed by atoms with Crippen LogP contribution < -0.4 is 10.6 Å². The summed E-state index contributed by atoms with van der Waals surface area (Å²) in [5.41, 5.74) is 1.48. The Morgan fingerprint density at radius 2 is 1.81 bits per heavy atom. The van der Waals surface area contributed by atoms with Crippen molar-refractivity contribution in [3.8, 4) is 0 Å². The standard InChI is InChI=1S/C21H17F3N6O/c22-15-4-1-13(2-5-15)10-26-19-16-11-29-30(20(16)28-12-27-19)8-7-25-21(31)14-3-6-17(23)18(24)9-14/h1-6,9,11-12H,7-8,10H2,(H,25,31)(H,26,27,28). The predicted molar refractivity (Wildman–Crippen MR) is 108 cm³/mol. The fourth-order valence-corrected chi connectivity index (χ4v) is 3.00. The molecule has 0 unspecified atom stereocenters. The number of amides is 1. The molecule has 158 valence electrons. The van der Waals surface area contributed by atoms with E-state index >= 15 is 0 Å². The summed E-state index contributed by atoms with van der Waals surface area (Å²) in [5.74, 6) is -2.34. The molecule has 0 atom stereocenters. The van der Waals surface area contributed by atoms with Gasteiger partial charge in [0.2, 0.25) is 0 Å². The fourth-order valence-electron chi connectivity index (χ4n) is 3.00. The normalized spacial score (nSPS) is 10.9. The first-order chi connectivity index (χ1) is 15.0. The quantitative estimate of drug-likeness (QED) is 0.474. The molecule has 2 aromatic heterocycles. The lowest BCUT2D eigenvalue weighted by Gasteiger charge is -2.08. The van der Waals surface area contributed by atoms with Crippen molar-refractivity contribution in [2.45, 2.75) is 13.1 Å². The maximum absolute atomic E-state index is 13.3. The Morgan fingerprint density at radius 3 is 2.58 bits per heavy atom. The van der Waals surface area contributed by atoms with Gasteiger partial charge in [0.15, 0.2) is 17.3 Å². The second kappa shape index (κ2) is 8.82. The van der Waals surface area contributed by atoms with Gasteiger partial charge in [-0.25, -0.2) is 27.8 Å². The van der Waals surface area contributed by atoms with Gasteiger partial charge in [0.1, 0.15) is 18.0 Å². The van der Waals surface area contributed by atoms with Crippen molar-refractivity contribution >= 4 is 22.8 Å². The molecule has 0 aliphatic rings. The number of hydrogen-bond acceptors (Lipinski definition) is 5. The van der Waals surface area contributed by atoms with Crippen molar-refractivity contribution < 1.29 is 18.0 Å². The Kier molecular flexibility index (Phi) is 5.78. The van der Waals surface area contributed by atoms with Crippen LogP contribution in [0, 0.1) is 17.5 Å². The summed E-state index contributed by atoms with van der Waals surface area (Å²) in [7, 11) is 0. The van der Waals surface area contributed by atoms with Crippen LogP contribution in [0.1, 0.15) is 15.9 Å². The van der Waals surface area contributed by atoms with Gasteiger partial charge in [-0.2, -0.15) is 5.10 Å². The van der Waals surface area contributed by atoms with Crippen molar-refractivity contribution in [2.75, 3.05) is 11.9 Å². The summed E-state index contributed by atoms with van der Waals surface area (Å²) in [6.45, 7) is 0.964. The molecule has 31 heavy (non-hydrogen) atoms. The minimum Gasteiger partial charge on any atom is -0.365 e. The Morgan fingerprint density at radius 1 is 1.00 bits per heavy atom. The van der Waals surface area contributed by atoms with Crippen molar-refractivity contribution in [3.05, 3.63) is 83.6 Å². The summed E-state index contributed by atoms with van der Waals surface area (Å²) >= 11 is 0. The Hall–Kier alpha value is -3.95. The zero-order valence-corrected chi connectivity index (χ0v) is 16.1. The van der Waals surface area contributed by atoms with E-state index in [1.807, 2.05) is 0 Å². The van der Waals surface area contributed by atoms with Gasteiger partial charge in [-0.3, -0.25) is 4.79 Å². The largest absolute Gasteiger partial charge is 0.365 e. The number of benzene rings is 2. The summed E-state index contributed by atoms with van der Waals surface area (Å²) in [4.78, 5) is 20.6. The van der Waals surface area contributed by atoms with Crippen LogP contribution in [-0.4, -0.2) is 32.2 Å². The first-order valence-electron chi connectivity index (χ1n) is 9.39. The molecular weight excluding hydrogens is 409 g/mol. The van der Waals surface area contributed by atoms with E-state index in [-0.39, 0.29) is 17.9 Å². The van der Waals surface area contributed by atoms with Gasteiger partial charge in [0.25, 0.3) is 5.91 Å². The van der Waals surface area contributed by atoms with E-state index in [4.69, 9.17) is 0 Å². The lowest BCUT2D eigenvalue weighted by molar-refractivity contribution is 0.0951. The van der Waals surface area contributed by atoms with Crippen molar-refractivity contribution in [1.82, 2.24) is 25.1 Å². The third-order valence-corrected chi connectivity index (χ3v) is 4.60. The summed E-state index contributed by atoms with van der Waals surface area (Å²) < 4.78 is 40.9. The Labute approximate surface area is 174 Å². The lowest BCUT2D eigenvalue weighted by Crippen LogP contribution is -2.27. The number of aromatic nitrogens is 4. The van der Waals surface area contributed by atoms with E-state index in [1.165, 1.54) is 24.5 Å². The molecule has 10 heteroatoms. The number of carbonyl (C=O) groups is 1. The van der Waals surface area contributed by atoms with Crippen LogP contribution in [0.5, 0.6) is 0 Å². The van der Waals surface area contributed by atoms with Crippen LogP contribution in [0.4, 0.5) is 19.0 Å². The van der Waals surface area contributed by atoms with E-state index < -0.39 is 17.5 Å². The van der Waals surface area contributed by atoms with E-state index in [1.54, 1.807) is 23.0 Å². The number of rotatable bonds is 7.